The fourth-order valence-corrected chi connectivity index (χ4v) is 4.12. The van der Waals surface area contributed by atoms with E-state index >= 15 is 0 Å². The molecule has 1 aliphatic heterocycles. The molecule has 0 spiro atoms. The summed E-state index contributed by atoms with van der Waals surface area (Å²) in [6, 6.07) is 9.41. The molecule has 3 nitrogen and oxygen atoms in total. The Morgan fingerprint density at radius 1 is 0.667 bits per heavy atom. The van der Waals surface area contributed by atoms with Crippen LogP contribution >= 0.6 is 0 Å². The summed E-state index contributed by atoms with van der Waals surface area (Å²) in [5, 5.41) is 3.63. The highest BCUT2D eigenvalue weighted by molar-refractivity contribution is 5.76. The van der Waals surface area contributed by atoms with Gasteiger partial charge in [0.05, 0.1) is 11.4 Å². The van der Waals surface area contributed by atoms with Crippen LogP contribution in [0.5, 0.6) is 0 Å². The van der Waals surface area contributed by atoms with Crippen molar-refractivity contribution in [2.45, 2.75) is 66.5 Å². The molecule has 1 N–H and O–H groups in total. The molecule has 2 atom stereocenters. The molecule has 1 aliphatic rings. The molecule has 0 saturated carbocycles. The number of nitrogens with one attached hydrogen (secondary N) is 1. The molecular formula is C24H31N3. The first-order valence-corrected chi connectivity index (χ1v) is 9.83. The van der Waals surface area contributed by atoms with E-state index in [-0.39, 0.29) is 0 Å². The first-order valence-electron chi connectivity index (χ1n) is 9.83. The van der Waals surface area contributed by atoms with Crippen LogP contribution in [0.15, 0.2) is 34.3 Å². The maximum Gasteiger partial charge on any atom is 0.0684 e. The van der Waals surface area contributed by atoms with Crippen molar-refractivity contribution in [1.82, 2.24) is 5.32 Å². The summed E-state index contributed by atoms with van der Waals surface area (Å²) >= 11 is 0. The van der Waals surface area contributed by atoms with Crippen LogP contribution in [0.3, 0.4) is 0 Å². The van der Waals surface area contributed by atoms with Gasteiger partial charge in [-0.3, -0.25) is 9.98 Å². The Hall–Kier alpha value is -2.26. The molecule has 1 heterocycles. The summed E-state index contributed by atoms with van der Waals surface area (Å²) in [7, 11) is 0. The van der Waals surface area contributed by atoms with Gasteiger partial charge in [-0.2, -0.15) is 0 Å². The molecule has 3 heteroatoms. The van der Waals surface area contributed by atoms with Crippen molar-refractivity contribution in [1.29, 1.82) is 0 Å². The first kappa shape index (κ1) is 19.5. The number of rotatable bonds is 4. The highest BCUT2D eigenvalue weighted by Gasteiger charge is 2.21. The molecule has 2 unspecified atom stereocenters. The minimum atomic E-state index is 0.307. The normalized spacial score (nSPS) is 20.2. The van der Waals surface area contributed by atoms with Crippen LogP contribution < -0.4 is 5.32 Å². The maximum absolute atomic E-state index is 4.79. The van der Waals surface area contributed by atoms with Crippen LogP contribution in [-0.4, -0.2) is 24.5 Å². The number of hydrogen-bond acceptors (Lipinski definition) is 3. The molecule has 2 aromatic carbocycles. The molecule has 0 amide bonds. The molecular weight excluding hydrogens is 330 g/mol. The molecule has 1 fully saturated rings. The Balaban J connectivity index is 1.66. The average molecular weight is 362 g/mol. The van der Waals surface area contributed by atoms with E-state index in [2.05, 4.69) is 83.6 Å². The van der Waals surface area contributed by atoms with Crippen molar-refractivity contribution in [2.24, 2.45) is 9.98 Å². The van der Waals surface area contributed by atoms with Gasteiger partial charge in [-0.05, 0) is 76.6 Å². The van der Waals surface area contributed by atoms with Crippen LogP contribution in [0.4, 0.5) is 11.4 Å². The lowest BCUT2D eigenvalue weighted by Crippen LogP contribution is -2.31. The van der Waals surface area contributed by atoms with Gasteiger partial charge in [0, 0.05) is 24.5 Å². The molecule has 0 aliphatic carbocycles. The fraction of sp³-hybridized carbons (Fsp3) is 0.417. The largest absolute Gasteiger partial charge is 0.301 e. The summed E-state index contributed by atoms with van der Waals surface area (Å²) in [5.41, 5.74) is 9.75. The number of aliphatic imine (C=N–C) groups is 2. The lowest BCUT2D eigenvalue weighted by molar-refractivity contribution is 0.730. The predicted molar refractivity (Wildman–Crippen MR) is 118 cm³/mol. The van der Waals surface area contributed by atoms with Crippen molar-refractivity contribution in [3.05, 3.63) is 57.6 Å². The molecule has 3 rings (SSSR count). The Morgan fingerprint density at radius 3 is 1.33 bits per heavy atom. The highest BCUT2D eigenvalue weighted by Crippen LogP contribution is 2.26. The second-order valence-corrected chi connectivity index (χ2v) is 8.01. The number of nitrogens with zero attached hydrogens (tertiary/aromatic N) is 2. The summed E-state index contributed by atoms with van der Waals surface area (Å²) in [6.07, 6.45) is 6.33. The zero-order valence-electron chi connectivity index (χ0n) is 17.4. The van der Waals surface area contributed by atoms with Gasteiger partial charge in [0.2, 0.25) is 0 Å². The van der Waals surface area contributed by atoms with Crippen molar-refractivity contribution >= 4 is 23.8 Å². The third-order valence-corrected chi connectivity index (χ3v) is 5.25. The van der Waals surface area contributed by atoms with E-state index in [1.807, 2.05) is 0 Å². The number of hydrogen-bond donors (Lipinski definition) is 1. The van der Waals surface area contributed by atoms with Gasteiger partial charge in [-0.25, -0.2) is 0 Å². The molecule has 1 saturated heterocycles. The van der Waals surface area contributed by atoms with Gasteiger partial charge in [0.1, 0.15) is 0 Å². The van der Waals surface area contributed by atoms with Gasteiger partial charge < -0.3 is 5.32 Å². The standard InChI is InChI=1S/C24H31N3/c1-15-9-17(3)23(18(4)10-15)25-13-21-7-8-22(27-21)14-26-24-19(5)11-16(2)12-20(24)6/h9-14,21-22,27H,7-8H2,1-6H3. The van der Waals surface area contributed by atoms with E-state index in [0.717, 1.165) is 24.2 Å². The minimum absolute atomic E-state index is 0.307. The number of benzene rings is 2. The maximum atomic E-state index is 4.79. The average Bonchev–Trinajstić information content (AvgIpc) is 3.00. The van der Waals surface area contributed by atoms with Gasteiger partial charge >= 0.3 is 0 Å². The van der Waals surface area contributed by atoms with Crippen LogP contribution in [0.1, 0.15) is 46.2 Å². The predicted octanol–water partition coefficient (Wildman–Crippen LogP) is 5.76. The zero-order valence-corrected chi connectivity index (χ0v) is 17.4. The third-order valence-electron chi connectivity index (χ3n) is 5.25. The summed E-state index contributed by atoms with van der Waals surface area (Å²) in [6.45, 7) is 12.8. The van der Waals surface area contributed by atoms with Crippen LogP contribution in [0.25, 0.3) is 0 Å². The van der Waals surface area contributed by atoms with Crippen molar-refractivity contribution < 1.29 is 0 Å². The van der Waals surface area contributed by atoms with E-state index in [9.17, 15) is 0 Å². The molecule has 0 radical (unpaired) electrons. The van der Waals surface area contributed by atoms with Crippen molar-refractivity contribution in [3.8, 4) is 0 Å². The smallest absolute Gasteiger partial charge is 0.0684 e. The van der Waals surface area contributed by atoms with E-state index in [4.69, 9.17) is 9.98 Å². The summed E-state index contributed by atoms with van der Waals surface area (Å²) in [4.78, 5) is 9.57. The SMILES string of the molecule is Cc1cc(C)c(N=CC2CCC(C=Nc3c(C)cc(C)cc3C)N2)c(C)c1. The van der Waals surface area contributed by atoms with Crippen molar-refractivity contribution in [3.63, 3.8) is 0 Å². The summed E-state index contributed by atoms with van der Waals surface area (Å²) in [5.74, 6) is 0. The monoisotopic (exact) mass is 361 g/mol. The minimum Gasteiger partial charge on any atom is -0.301 e. The van der Waals surface area contributed by atoms with E-state index in [1.165, 1.54) is 33.4 Å². The lowest BCUT2D eigenvalue weighted by atomic mass is 10.1. The topological polar surface area (TPSA) is 36.8 Å². The second-order valence-electron chi connectivity index (χ2n) is 8.01. The molecule has 27 heavy (non-hydrogen) atoms. The van der Waals surface area contributed by atoms with Gasteiger partial charge in [0.15, 0.2) is 0 Å². The Kier molecular flexibility index (Phi) is 5.91. The van der Waals surface area contributed by atoms with Gasteiger partial charge in [-0.15, -0.1) is 0 Å². The summed E-state index contributed by atoms with van der Waals surface area (Å²) < 4.78 is 0. The molecule has 0 aromatic heterocycles. The van der Waals surface area contributed by atoms with Gasteiger partial charge in [-0.1, -0.05) is 35.4 Å². The molecule has 0 bridgehead atoms. The number of aryl methyl sites for hydroxylation is 6. The molecule has 2 aromatic rings. The molecule has 142 valence electrons. The van der Waals surface area contributed by atoms with Crippen LogP contribution in [0, 0.1) is 41.5 Å². The quantitative estimate of drug-likeness (QED) is 0.690. The third kappa shape index (κ3) is 4.72. The van der Waals surface area contributed by atoms with Gasteiger partial charge in [0.25, 0.3) is 0 Å². The Bertz CT molecular complexity index is 773. The first-order chi connectivity index (χ1) is 12.8. The Morgan fingerprint density at radius 2 is 1.00 bits per heavy atom. The fourth-order valence-electron chi connectivity index (χ4n) is 4.12. The van der Waals surface area contributed by atoms with E-state index < -0.39 is 0 Å². The zero-order chi connectivity index (χ0) is 19.6. The van der Waals surface area contributed by atoms with Crippen LogP contribution in [0.2, 0.25) is 0 Å². The Labute approximate surface area is 163 Å². The van der Waals surface area contributed by atoms with Crippen LogP contribution in [-0.2, 0) is 0 Å². The van der Waals surface area contributed by atoms with E-state index in [0.29, 0.717) is 12.1 Å². The van der Waals surface area contributed by atoms with E-state index in [1.54, 1.807) is 0 Å². The highest BCUT2D eigenvalue weighted by atomic mass is 15.0. The second kappa shape index (κ2) is 8.18. The van der Waals surface area contributed by atoms with Crippen molar-refractivity contribution in [2.75, 3.05) is 0 Å². The lowest BCUT2D eigenvalue weighted by Gasteiger charge is -2.10.